The highest BCUT2D eigenvalue weighted by Crippen LogP contribution is 2.31. The van der Waals surface area contributed by atoms with E-state index in [1.807, 2.05) is 4.90 Å². The van der Waals surface area contributed by atoms with Gasteiger partial charge in [-0.25, -0.2) is 4.98 Å². The monoisotopic (exact) mass is 293 g/mol. The van der Waals surface area contributed by atoms with Crippen LogP contribution in [0.1, 0.15) is 42.1 Å². The standard InChI is InChI=1S/C15H23N3O3/c1-10-7-18(8-11(10)17(2)3)15(19)13-14(21-9-16-13)12-5-4-6-20-12/h9-12H,4-8H2,1-3H3/t10-,11+,12+/m1/s1. The van der Waals surface area contributed by atoms with Crippen molar-refractivity contribution in [2.45, 2.75) is 31.9 Å². The molecular formula is C15H23N3O3. The second-order valence-electron chi connectivity index (χ2n) is 6.29. The van der Waals surface area contributed by atoms with Crippen LogP contribution < -0.4 is 0 Å². The molecule has 0 saturated carbocycles. The molecule has 0 spiro atoms. The predicted molar refractivity (Wildman–Crippen MR) is 77.0 cm³/mol. The Kier molecular flexibility index (Phi) is 3.99. The molecule has 2 fully saturated rings. The molecule has 1 aromatic rings. The van der Waals surface area contributed by atoms with Crippen LogP contribution in [0.3, 0.4) is 0 Å². The number of oxazole rings is 1. The zero-order chi connectivity index (χ0) is 15.0. The summed E-state index contributed by atoms with van der Waals surface area (Å²) in [6, 6.07) is 0.395. The maximum atomic E-state index is 12.7. The first-order valence-electron chi connectivity index (χ1n) is 7.58. The van der Waals surface area contributed by atoms with Gasteiger partial charge in [0.05, 0.1) is 0 Å². The fraction of sp³-hybridized carbons (Fsp3) is 0.733. The molecule has 2 aliphatic heterocycles. The van der Waals surface area contributed by atoms with Crippen molar-refractivity contribution >= 4 is 5.91 Å². The van der Waals surface area contributed by atoms with Crippen molar-refractivity contribution in [3.05, 3.63) is 17.8 Å². The van der Waals surface area contributed by atoms with E-state index in [1.54, 1.807) is 0 Å². The maximum Gasteiger partial charge on any atom is 0.276 e. The van der Waals surface area contributed by atoms with Gasteiger partial charge in [-0.1, -0.05) is 6.92 Å². The number of rotatable bonds is 3. The first-order chi connectivity index (χ1) is 10.1. The van der Waals surface area contributed by atoms with Crippen LogP contribution in [-0.2, 0) is 4.74 Å². The van der Waals surface area contributed by atoms with Crippen LogP contribution in [0.15, 0.2) is 10.8 Å². The average molecular weight is 293 g/mol. The highest BCUT2D eigenvalue weighted by Gasteiger charge is 2.37. The number of carbonyl (C=O) groups excluding carboxylic acids is 1. The Hall–Kier alpha value is -1.40. The van der Waals surface area contributed by atoms with Crippen LogP contribution >= 0.6 is 0 Å². The molecule has 0 radical (unpaired) electrons. The Morgan fingerprint density at radius 2 is 2.24 bits per heavy atom. The van der Waals surface area contributed by atoms with Gasteiger partial charge in [-0.3, -0.25) is 4.79 Å². The fourth-order valence-electron chi connectivity index (χ4n) is 3.37. The summed E-state index contributed by atoms with van der Waals surface area (Å²) in [6.45, 7) is 4.41. The molecule has 1 amide bonds. The van der Waals surface area contributed by atoms with Crippen molar-refractivity contribution in [2.75, 3.05) is 33.8 Å². The van der Waals surface area contributed by atoms with E-state index in [1.165, 1.54) is 6.39 Å². The number of ether oxygens (including phenoxy) is 1. The second kappa shape index (κ2) is 5.77. The molecule has 21 heavy (non-hydrogen) atoms. The normalized spacial score (nSPS) is 29.5. The second-order valence-corrected chi connectivity index (χ2v) is 6.29. The van der Waals surface area contributed by atoms with Crippen molar-refractivity contribution in [3.8, 4) is 0 Å². The fourth-order valence-corrected chi connectivity index (χ4v) is 3.37. The number of nitrogens with zero attached hydrogens (tertiary/aromatic N) is 3. The minimum atomic E-state index is -0.115. The van der Waals surface area contributed by atoms with Gasteiger partial charge >= 0.3 is 0 Å². The van der Waals surface area contributed by atoms with E-state index in [0.29, 0.717) is 23.4 Å². The van der Waals surface area contributed by atoms with E-state index in [-0.39, 0.29) is 12.0 Å². The summed E-state index contributed by atoms with van der Waals surface area (Å²) >= 11 is 0. The van der Waals surface area contributed by atoms with Crippen molar-refractivity contribution in [2.24, 2.45) is 5.92 Å². The Morgan fingerprint density at radius 3 is 2.86 bits per heavy atom. The van der Waals surface area contributed by atoms with Gasteiger partial charge in [0.2, 0.25) is 0 Å². The third-order valence-corrected chi connectivity index (χ3v) is 4.54. The summed E-state index contributed by atoms with van der Waals surface area (Å²) in [4.78, 5) is 20.9. The Morgan fingerprint density at radius 1 is 1.43 bits per heavy atom. The molecule has 0 unspecified atom stereocenters. The highest BCUT2D eigenvalue weighted by molar-refractivity contribution is 5.93. The lowest BCUT2D eigenvalue weighted by Crippen LogP contribution is -2.36. The van der Waals surface area contributed by atoms with Crippen LogP contribution in [0.5, 0.6) is 0 Å². The number of aromatic nitrogens is 1. The van der Waals surface area contributed by atoms with Crippen LogP contribution in [0.2, 0.25) is 0 Å². The van der Waals surface area contributed by atoms with E-state index < -0.39 is 0 Å². The van der Waals surface area contributed by atoms with Gasteiger partial charge in [-0.2, -0.15) is 0 Å². The molecule has 3 heterocycles. The third-order valence-electron chi connectivity index (χ3n) is 4.54. The summed E-state index contributed by atoms with van der Waals surface area (Å²) in [5.74, 6) is 1.02. The quantitative estimate of drug-likeness (QED) is 0.846. The van der Waals surface area contributed by atoms with Crippen molar-refractivity contribution in [1.29, 1.82) is 0 Å². The van der Waals surface area contributed by atoms with Crippen molar-refractivity contribution < 1.29 is 13.9 Å². The largest absolute Gasteiger partial charge is 0.445 e. The molecule has 3 rings (SSSR count). The lowest BCUT2D eigenvalue weighted by Gasteiger charge is -2.22. The molecule has 2 aliphatic rings. The molecule has 0 aliphatic carbocycles. The number of hydrogen-bond donors (Lipinski definition) is 0. The molecule has 0 aromatic carbocycles. The maximum absolute atomic E-state index is 12.7. The Labute approximate surface area is 125 Å². The smallest absolute Gasteiger partial charge is 0.276 e. The SMILES string of the molecule is C[C@@H]1CN(C(=O)c2ncoc2[C@@H]2CCCO2)C[C@@H]1N(C)C. The number of carbonyl (C=O) groups is 1. The summed E-state index contributed by atoms with van der Waals surface area (Å²) < 4.78 is 11.1. The number of hydrogen-bond acceptors (Lipinski definition) is 5. The van der Waals surface area contributed by atoms with Gasteiger partial charge in [0.1, 0.15) is 6.10 Å². The first-order valence-corrected chi connectivity index (χ1v) is 7.58. The Bertz CT molecular complexity index is 508. The molecule has 6 heteroatoms. The predicted octanol–water partition coefficient (Wildman–Crippen LogP) is 1.55. The Balaban J connectivity index is 1.76. The van der Waals surface area contributed by atoms with Gasteiger partial charge in [0.15, 0.2) is 17.8 Å². The lowest BCUT2D eigenvalue weighted by atomic mass is 10.1. The van der Waals surface area contributed by atoms with Gasteiger partial charge in [0.25, 0.3) is 5.91 Å². The van der Waals surface area contributed by atoms with Crippen molar-refractivity contribution in [1.82, 2.24) is 14.8 Å². The molecule has 6 nitrogen and oxygen atoms in total. The van der Waals surface area contributed by atoms with Gasteiger partial charge in [0, 0.05) is 25.7 Å². The summed E-state index contributed by atoms with van der Waals surface area (Å²) in [5, 5.41) is 0. The van der Waals surface area contributed by atoms with E-state index in [0.717, 1.165) is 32.5 Å². The molecule has 0 N–H and O–H groups in total. The topological polar surface area (TPSA) is 58.8 Å². The zero-order valence-corrected chi connectivity index (χ0v) is 12.9. The number of likely N-dealkylation sites (tertiary alicyclic amines) is 1. The van der Waals surface area contributed by atoms with Crippen LogP contribution in [0.4, 0.5) is 0 Å². The first kappa shape index (κ1) is 14.5. The van der Waals surface area contributed by atoms with E-state index in [4.69, 9.17) is 9.15 Å². The van der Waals surface area contributed by atoms with Gasteiger partial charge in [-0.05, 0) is 32.9 Å². The summed E-state index contributed by atoms with van der Waals surface area (Å²) in [5.41, 5.74) is 0.425. The minimum Gasteiger partial charge on any atom is -0.445 e. The zero-order valence-electron chi connectivity index (χ0n) is 12.9. The average Bonchev–Trinajstić information content (AvgIpc) is 3.17. The lowest BCUT2D eigenvalue weighted by molar-refractivity contribution is 0.0737. The minimum absolute atomic E-state index is 0.0366. The van der Waals surface area contributed by atoms with E-state index in [9.17, 15) is 4.79 Å². The number of amides is 1. The van der Waals surface area contributed by atoms with Crippen LogP contribution in [-0.4, -0.2) is 60.5 Å². The molecule has 3 atom stereocenters. The van der Waals surface area contributed by atoms with Crippen LogP contribution in [0, 0.1) is 5.92 Å². The van der Waals surface area contributed by atoms with E-state index >= 15 is 0 Å². The van der Waals surface area contributed by atoms with Crippen molar-refractivity contribution in [3.63, 3.8) is 0 Å². The molecule has 0 bridgehead atoms. The van der Waals surface area contributed by atoms with Gasteiger partial charge < -0.3 is 19.0 Å². The summed E-state index contributed by atoms with van der Waals surface area (Å²) in [6.07, 6.45) is 3.14. The van der Waals surface area contributed by atoms with Gasteiger partial charge in [-0.15, -0.1) is 0 Å². The van der Waals surface area contributed by atoms with E-state index in [2.05, 4.69) is 30.9 Å². The highest BCUT2D eigenvalue weighted by atomic mass is 16.5. The molecule has 1 aromatic heterocycles. The molecule has 2 saturated heterocycles. The molecular weight excluding hydrogens is 270 g/mol. The third kappa shape index (κ3) is 2.70. The molecule has 116 valence electrons. The summed E-state index contributed by atoms with van der Waals surface area (Å²) in [7, 11) is 4.12. The number of likely N-dealkylation sites (N-methyl/N-ethyl adjacent to an activating group) is 1. The van der Waals surface area contributed by atoms with Crippen LogP contribution in [0.25, 0.3) is 0 Å².